The van der Waals surface area contributed by atoms with Crippen molar-refractivity contribution < 1.29 is 14.4 Å². The van der Waals surface area contributed by atoms with Crippen LogP contribution in [-0.2, 0) is 0 Å². The van der Waals surface area contributed by atoms with Gasteiger partial charge in [-0.25, -0.2) is 0 Å². The minimum atomic E-state index is -0.443. The van der Waals surface area contributed by atoms with Crippen LogP contribution in [0.3, 0.4) is 0 Å². The second-order valence-electron chi connectivity index (χ2n) is 5.39. The van der Waals surface area contributed by atoms with Crippen LogP contribution >= 0.6 is 0 Å². The molecule has 0 saturated carbocycles. The smallest absolute Gasteiger partial charge is 0.269 e. The number of methoxy groups -OCH3 is 1. The van der Waals surface area contributed by atoms with Crippen LogP contribution in [0, 0.1) is 10.1 Å². The zero-order valence-electron chi connectivity index (χ0n) is 14.4. The number of nitrogens with one attached hydrogen (secondary N) is 1. The molecule has 0 spiro atoms. The van der Waals surface area contributed by atoms with Crippen LogP contribution in [0.25, 0.3) is 0 Å². The number of benzene rings is 2. The Hall–Kier alpha value is -3.09. The van der Waals surface area contributed by atoms with Crippen LogP contribution in [-0.4, -0.2) is 24.4 Å². The number of nitro groups is 1. The van der Waals surface area contributed by atoms with Crippen molar-refractivity contribution >= 4 is 17.6 Å². The summed E-state index contributed by atoms with van der Waals surface area (Å²) in [5.41, 5.74) is 4.30. The van der Waals surface area contributed by atoms with Gasteiger partial charge in [0.1, 0.15) is 0 Å². The SMILES string of the molecule is CC[C@@H](C)Oc1c(/C=N\Nc2ccc([N+](=O)[O-])cc2)cccc1OC. The lowest BCUT2D eigenvalue weighted by Crippen LogP contribution is -2.12. The number of hydrogen-bond donors (Lipinski definition) is 1. The predicted molar refractivity (Wildman–Crippen MR) is 97.7 cm³/mol. The minimum Gasteiger partial charge on any atom is -0.493 e. The molecule has 0 radical (unpaired) electrons. The highest BCUT2D eigenvalue weighted by molar-refractivity contribution is 5.85. The van der Waals surface area contributed by atoms with E-state index in [-0.39, 0.29) is 11.8 Å². The minimum absolute atomic E-state index is 0.0339. The first kappa shape index (κ1) is 18.3. The number of para-hydroxylation sites is 1. The first-order valence-electron chi connectivity index (χ1n) is 7.92. The predicted octanol–water partition coefficient (Wildman–Crippen LogP) is 4.23. The highest BCUT2D eigenvalue weighted by Gasteiger charge is 2.12. The summed E-state index contributed by atoms with van der Waals surface area (Å²) in [7, 11) is 1.59. The van der Waals surface area contributed by atoms with Gasteiger partial charge in [0.2, 0.25) is 0 Å². The lowest BCUT2D eigenvalue weighted by Gasteiger charge is -2.17. The first-order chi connectivity index (χ1) is 12.0. The molecular formula is C18H21N3O4. The van der Waals surface area contributed by atoms with Crippen molar-refractivity contribution in [1.29, 1.82) is 0 Å². The maximum Gasteiger partial charge on any atom is 0.269 e. The van der Waals surface area contributed by atoms with E-state index < -0.39 is 4.92 Å². The molecule has 1 N–H and O–H groups in total. The van der Waals surface area contributed by atoms with Crippen LogP contribution in [0.2, 0.25) is 0 Å². The van der Waals surface area contributed by atoms with Gasteiger partial charge in [-0.3, -0.25) is 15.5 Å². The molecule has 132 valence electrons. The number of hydrogen-bond acceptors (Lipinski definition) is 6. The van der Waals surface area contributed by atoms with Crippen LogP contribution < -0.4 is 14.9 Å². The van der Waals surface area contributed by atoms with Crippen LogP contribution in [0.1, 0.15) is 25.8 Å². The molecule has 0 aliphatic rings. The molecule has 0 fully saturated rings. The van der Waals surface area contributed by atoms with Crippen LogP contribution in [0.15, 0.2) is 47.6 Å². The average molecular weight is 343 g/mol. The Morgan fingerprint density at radius 2 is 2.00 bits per heavy atom. The van der Waals surface area contributed by atoms with E-state index in [4.69, 9.17) is 9.47 Å². The summed E-state index contributed by atoms with van der Waals surface area (Å²) < 4.78 is 11.3. The van der Waals surface area contributed by atoms with Gasteiger partial charge in [0, 0.05) is 17.7 Å². The zero-order chi connectivity index (χ0) is 18.2. The number of anilines is 1. The highest BCUT2D eigenvalue weighted by atomic mass is 16.6. The zero-order valence-corrected chi connectivity index (χ0v) is 14.4. The van der Waals surface area contributed by atoms with Crippen molar-refractivity contribution in [2.75, 3.05) is 12.5 Å². The third-order valence-corrected chi connectivity index (χ3v) is 3.60. The van der Waals surface area contributed by atoms with Crippen LogP contribution in [0.5, 0.6) is 11.5 Å². The molecule has 7 nitrogen and oxygen atoms in total. The summed E-state index contributed by atoms with van der Waals surface area (Å²) in [6.07, 6.45) is 2.54. The van der Waals surface area contributed by atoms with Gasteiger partial charge >= 0.3 is 0 Å². The third kappa shape index (κ3) is 4.94. The second kappa shape index (κ2) is 8.68. The second-order valence-corrected chi connectivity index (χ2v) is 5.39. The maximum absolute atomic E-state index is 10.7. The van der Waals surface area contributed by atoms with E-state index in [2.05, 4.69) is 10.5 Å². The monoisotopic (exact) mass is 343 g/mol. The van der Waals surface area contributed by atoms with Crippen molar-refractivity contribution in [2.45, 2.75) is 26.4 Å². The Morgan fingerprint density at radius 1 is 1.28 bits per heavy atom. The third-order valence-electron chi connectivity index (χ3n) is 3.60. The van der Waals surface area contributed by atoms with Crippen molar-refractivity contribution in [3.63, 3.8) is 0 Å². The summed E-state index contributed by atoms with van der Waals surface area (Å²) in [5, 5.41) is 14.8. The largest absolute Gasteiger partial charge is 0.493 e. The van der Waals surface area contributed by atoms with Gasteiger partial charge < -0.3 is 9.47 Å². The van der Waals surface area contributed by atoms with E-state index in [0.29, 0.717) is 17.2 Å². The lowest BCUT2D eigenvalue weighted by molar-refractivity contribution is -0.384. The molecule has 25 heavy (non-hydrogen) atoms. The van der Waals surface area contributed by atoms with Crippen molar-refractivity contribution in [1.82, 2.24) is 0 Å². The van der Waals surface area contributed by atoms with E-state index in [1.165, 1.54) is 12.1 Å². The number of non-ortho nitro benzene ring substituents is 1. The fraction of sp³-hybridized carbons (Fsp3) is 0.278. The summed E-state index contributed by atoms with van der Waals surface area (Å²) in [4.78, 5) is 10.2. The molecule has 2 aromatic carbocycles. The molecule has 2 rings (SSSR count). The van der Waals surface area contributed by atoms with Gasteiger partial charge in [-0.15, -0.1) is 0 Å². The molecule has 0 heterocycles. The molecular weight excluding hydrogens is 322 g/mol. The van der Waals surface area contributed by atoms with E-state index in [9.17, 15) is 10.1 Å². The Labute approximate surface area is 146 Å². The molecule has 1 atom stereocenters. The van der Waals surface area contributed by atoms with Crippen LogP contribution in [0.4, 0.5) is 11.4 Å². The summed E-state index contributed by atoms with van der Waals surface area (Å²) in [6.45, 7) is 4.03. The van der Waals surface area contributed by atoms with E-state index >= 15 is 0 Å². The summed E-state index contributed by atoms with van der Waals surface area (Å²) in [6, 6.07) is 11.6. The van der Waals surface area contributed by atoms with E-state index in [1.54, 1.807) is 25.5 Å². The van der Waals surface area contributed by atoms with Gasteiger partial charge in [-0.1, -0.05) is 13.0 Å². The fourth-order valence-corrected chi connectivity index (χ4v) is 2.04. The fourth-order valence-electron chi connectivity index (χ4n) is 2.04. The van der Waals surface area contributed by atoms with Crippen molar-refractivity contribution in [3.05, 3.63) is 58.1 Å². The van der Waals surface area contributed by atoms with Gasteiger partial charge in [-0.2, -0.15) is 5.10 Å². The molecule has 2 aromatic rings. The molecule has 0 saturated heterocycles. The van der Waals surface area contributed by atoms with Gasteiger partial charge in [0.25, 0.3) is 5.69 Å². The van der Waals surface area contributed by atoms with Gasteiger partial charge in [0.05, 0.1) is 30.0 Å². The first-order valence-corrected chi connectivity index (χ1v) is 7.92. The van der Waals surface area contributed by atoms with Gasteiger partial charge in [-0.05, 0) is 37.6 Å². The Bertz CT molecular complexity index is 744. The molecule has 0 amide bonds. The molecule has 0 aromatic heterocycles. The number of nitro benzene ring substituents is 1. The molecule has 0 aliphatic carbocycles. The summed E-state index contributed by atoms with van der Waals surface area (Å²) in [5.74, 6) is 1.27. The molecule has 0 bridgehead atoms. The lowest BCUT2D eigenvalue weighted by atomic mass is 10.2. The molecule has 0 aliphatic heterocycles. The quantitative estimate of drug-likeness (QED) is 0.440. The molecule has 7 heteroatoms. The van der Waals surface area contributed by atoms with Crippen molar-refractivity contribution in [2.24, 2.45) is 5.10 Å². The standard InChI is InChI=1S/C18H21N3O4/c1-4-13(2)25-18-14(6-5-7-17(18)24-3)12-19-20-15-8-10-16(11-9-15)21(22)23/h5-13,20H,4H2,1-3H3/b19-12-/t13-/m1/s1. The Morgan fingerprint density at radius 3 is 2.60 bits per heavy atom. The van der Waals surface area contributed by atoms with Gasteiger partial charge in [0.15, 0.2) is 11.5 Å². The number of hydrazone groups is 1. The topological polar surface area (TPSA) is 86.0 Å². The Kier molecular flexibility index (Phi) is 6.33. The number of nitrogens with zero attached hydrogens (tertiary/aromatic N) is 2. The Balaban J connectivity index is 2.15. The highest BCUT2D eigenvalue weighted by Crippen LogP contribution is 2.31. The average Bonchev–Trinajstić information content (AvgIpc) is 2.63. The number of ether oxygens (including phenoxy) is 2. The van der Waals surface area contributed by atoms with E-state index in [1.807, 2.05) is 32.0 Å². The summed E-state index contributed by atoms with van der Waals surface area (Å²) >= 11 is 0. The van der Waals surface area contributed by atoms with E-state index in [0.717, 1.165) is 12.0 Å². The normalized spacial score (nSPS) is 12.0. The number of rotatable bonds is 8. The molecule has 0 unspecified atom stereocenters. The maximum atomic E-state index is 10.7. The van der Waals surface area contributed by atoms with Crippen molar-refractivity contribution in [3.8, 4) is 11.5 Å².